The molecule has 0 saturated heterocycles. The first-order chi connectivity index (χ1) is 7.53. The Morgan fingerprint density at radius 2 is 2.24 bits per heavy atom. The van der Waals surface area contributed by atoms with Crippen molar-refractivity contribution in [2.24, 2.45) is 0 Å². The fourth-order valence-corrected chi connectivity index (χ4v) is 2.04. The summed E-state index contributed by atoms with van der Waals surface area (Å²) in [5.41, 5.74) is 0. The Kier molecular flexibility index (Phi) is 7.99. The smallest absolute Gasteiger partial charge is 0.748 e. The van der Waals surface area contributed by atoms with E-state index in [1.54, 1.807) is 23.2 Å². The van der Waals surface area contributed by atoms with Crippen LogP contribution in [0.5, 0.6) is 6.01 Å². The first-order valence-corrected chi connectivity index (χ1v) is 7.41. The Bertz CT molecular complexity index is 421. The van der Waals surface area contributed by atoms with Gasteiger partial charge in [0.1, 0.15) is 0 Å². The summed E-state index contributed by atoms with van der Waals surface area (Å²) in [6.45, 7) is 0.589. The van der Waals surface area contributed by atoms with E-state index in [9.17, 15) is 13.0 Å². The van der Waals surface area contributed by atoms with Gasteiger partial charge in [-0.25, -0.2) is 13.4 Å². The van der Waals surface area contributed by atoms with Crippen LogP contribution in [0.25, 0.3) is 0 Å². The number of unbranched alkanes of at least 4 members (excludes halogenated alkanes) is 1. The van der Waals surface area contributed by atoms with Crippen molar-refractivity contribution in [3.63, 3.8) is 0 Å². The molecule has 9 heteroatoms. The van der Waals surface area contributed by atoms with Crippen LogP contribution in [-0.4, -0.2) is 34.5 Å². The molecule has 0 fully saturated rings. The van der Waals surface area contributed by atoms with Crippen LogP contribution in [0.2, 0.25) is 0 Å². The fourth-order valence-electron chi connectivity index (χ4n) is 1.19. The van der Waals surface area contributed by atoms with Crippen molar-refractivity contribution in [2.75, 3.05) is 12.0 Å². The molecule has 0 aliphatic rings. The minimum atomic E-state index is -4.10. The van der Waals surface area contributed by atoms with Gasteiger partial charge in [0.05, 0.1) is 22.2 Å². The summed E-state index contributed by atoms with van der Waals surface area (Å²) in [6, 6.07) is 0.484. The molecule has 0 spiro atoms. The summed E-state index contributed by atoms with van der Waals surface area (Å²) in [5, 5.41) is 0. The Hall–Kier alpha value is -0.133. The summed E-state index contributed by atoms with van der Waals surface area (Å²) >= 11 is 1.19. The van der Waals surface area contributed by atoms with Gasteiger partial charge in [-0.2, -0.15) is 0 Å². The number of hydrogen-bond donors (Lipinski definition) is 0. The molecular formula is C8H13LiN2O4S2. The number of imidazole rings is 1. The van der Waals surface area contributed by atoms with E-state index in [1.165, 1.54) is 12.0 Å². The SMILES string of the molecule is CSOc1nccn1CCCCS(=O)(=O)[O-].[Li+]. The molecule has 0 unspecified atom stereocenters. The molecule has 1 rings (SSSR count). The summed E-state index contributed by atoms with van der Waals surface area (Å²) < 4.78 is 38.0. The average molecular weight is 272 g/mol. The minimum Gasteiger partial charge on any atom is -0.748 e. The van der Waals surface area contributed by atoms with Crippen molar-refractivity contribution in [2.45, 2.75) is 19.4 Å². The number of nitrogens with zero attached hydrogens (tertiary/aromatic N) is 2. The van der Waals surface area contributed by atoms with E-state index in [0.717, 1.165) is 0 Å². The Balaban J connectivity index is 0.00000256. The van der Waals surface area contributed by atoms with E-state index >= 15 is 0 Å². The Labute approximate surface area is 117 Å². The van der Waals surface area contributed by atoms with E-state index in [0.29, 0.717) is 25.4 Å². The minimum absolute atomic E-state index is 0. The molecule has 17 heavy (non-hydrogen) atoms. The quantitative estimate of drug-likeness (QED) is 0.244. The predicted octanol–water partition coefficient (Wildman–Crippen LogP) is -2.13. The van der Waals surface area contributed by atoms with E-state index in [4.69, 9.17) is 4.18 Å². The van der Waals surface area contributed by atoms with Crippen LogP contribution in [0.1, 0.15) is 12.8 Å². The van der Waals surface area contributed by atoms with E-state index in [1.807, 2.05) is 0 Å². The molecule has 0 aliphatic heterocycles. The second-order valence-electron chi connectivity index (χ2n) is 3.12. The number of hydrogen-bond acceptors (Lipinski definition) is 6. The predicted molar refractivity (Wildman–Crippen MR) is 60.2 cm³/mol. The molecule has 6 nitrogen and oxygen atoms in total. The summed E-state index contributed by atoms with van der Waals surface area (Å²) in [5.74, 6) is -0.319. The Morgan fingerprint density at radius 1 is 1.53 bits per heavy atom. The van der Waals surface area contributed by atoms with Crippen LogP contribution in [0.3, 0.4) is 0 Å². The molecule has 1 heterocycles. The molecule has 0 aliphatic carbocycles. The second kappa shape index (κ2) is 8.05. The van der Waals surface area contributed by atoms with Crippen LogP contribution in [0.15, 0.2) is 12.4 Å². The van der Waals surface area contributed by atoms with Gasteiger partial charge in [-0.05, 0) is 12.8 Å². The van der Waals surface area contributed by atoms with Crippen molar-refractivity contribution in [3.8, 4) is 6.01 Å². The topological polar surface area (TPSA) is 84.2 Å². The summed E-state index contributed by atoms with van der Waals surface area (Å²) in [6.07, 6.45) is 6.08. The number of aryl methyl sites for hydroxylation is 1. The van der Waals surface area contributed by atoms with E-state index in [2.05, 4.69) is 4.98 Å². The molecular weight excluding hydrogens is 259 g/mol. The summed E-state index contributed by atoms with van der Waals surface area (Å²) in [4.78, 5) is 3.97. The third-order valence-corrected chi connectivity index (χ3v) is 2.98. The van der Waals surface area contributed by atoms with Gasteiger partial charge in [-0.1, -0.05) is 0 Å². The van der Waals surface area contributed by atoms with Crippen LogP contribution in [0.4, 0.5) is 0 Å². The molecule has 0 N–H and O–H groups in total. The zero-order valence-electron chi connectivity index (χ0n) is 9.83. The van der Waals surface area contributed by atoms with Crippen LogP contribution in [-0.2, 0) is 16.7 Å². The van der Waals surface area contributed by atoms with Crippen LogP contribution >= 0.6 is 12.0 Å². The number of aromatic nitrogens is 2. The van der Waals surface area contributed by atoms with Gasteiger partial charge in [-0.15, -0.1) is 0 Å². The third-order valence-electron chi connectivity index (χ3n) is 1.88. The van der Waals surface area contributed by atoms with Gasteiger partial charge in [0.25, 0.3) is 0 Å². The zero-order chi connectivity index (χ0) is 12.0. The van der Waals surface area contributed by atoms with Crippen molar-refractivity contribution < 1.29 is 36.0 Å². The molecule has 1 aromatic heterocycles. The molecule has 0 radical (unpaired) electrons. The van der Waals surface area contributed by atoms with Gasteiger partial charge in [0.2, 0.25) is 0 Å². The van der Waals surface area contributed by atoms with Crippen molar-refractivity contribution in [1.29, 1.82) is 0 Å². The third kappa shape index (κ3) is 7.01. The molecule has 0 saturated carbocycles. The van der Waals surface area contributed by atoms with Gasteiger partial charge in [0.15, 0.2) is 0 Å². The molecule has 0 aromatic carbocycles. The molecule has 92 valence electrons. The summed E-state index contributed by atoms with van der Waals surface area (Å²) in [7, 11) is -4.10. The van der Waals surface area contributed by atoms with Crippen molar-refractivity contribution in [1.82, 2.24) is 9.55 Å². The molecule has 0 atom stereocenters. The molecule has 0 amide bonds. The molecule has 0 bridgehead atoms. The standard InChI is InChI=1S/C8H14N2O4S2.Li/c1-15-14-8-9-4-6-10(8)5-2-3-7-16(11,12)13;/h4,6H,2-3,5,7H2,1H3,(H,11,12,13);/q;+1/p-1. The molecule has 1 aromatic rings. The first-order valence-electron chi connectivity index (χ1n) is 4.68. The second-order valence-corrected chi connectivity index (χ2v) is 5.15. The van der Waals surface area contributed by atoms with Gasteiger partial charge >= 0.3 is 24.9 Å². The Morgan fingerprint density at radius 3 is 2.82 bits per heavy atom. The van der Waals surface area contributed by atoms with E-state index < -0.39 is 10.1 Å². The largest absolute Gasteiger partial charge is 1.00 e. The maximum Gasteiger partial charge on any atom is 1.00 e. The zero-order valence-corrected chi connectivity index (χ0v) is 11.5. The van der Waals surface area contributed by atoms with Crippen molar-refractivity contribution >= 4 is 22.2 Å². The fraction of sp³-hybridized carbons (Fsp3) is 0.625. The maximum absolute atomic E-state index is 10.4. The van der Waals surface area contributed by atoms with Crippen molar-refractivity contribution in [3.05, 3.63) is 12.4 Å². The van der Waals surface area contributed by atoms with Gasteiger partial charge in [-0.3, -0.25) is 0 Å². The van der Waals surface area contributed by atoms with Gasteiger partial charge in [0, 0.05) is 30.9 Å². The van der Waals surface area contributed by atoms with Crippen LogP contribution < -0.4 is 23.0 Å². The van der Waals surface area contributed by atoms with Gasteiger partial charge < -0.3 is 13.3 Å². The van der Waals surface area contributed by atoms with E-state index in [-0.39, 0.29) is 24.6 Å². The normalized spacial score (nSPS) is 10.9. The first kappa shape index (κ1) is 16.9. The monoisotopic (exact) mass is 272 g/mol. The average Bonchev–Trinajstić information content (AvgIpc) is 2.60. The maximum atomic E-state index is 10.4. The number of rotatable bonds is 7. The van der Waals surface area contributed by atoms with Crippen LogP contribution in [0, 0.1) is 0 Å².